The Kier molecular flexibility index (Phi) is 7.76. The summed E-state index contributed by atoms with van der Waals surface area (Å²) in [6.07, 6.45) is -1.43. The van der Waals surface area contributed by atoms with E-state index in [1.54, 1.807) is 59.9 Å². The Morgan fingerprint density at radius 2 is 1.66 bits per heavy atom. The van der Waals surface area contributed by atoms with Gasteiger partial charge in [0.1, 0.15) is 10.8 Å². The van der Waals surface area contributed by atoms with Crippen molar-refractivity contribution in [3.63, 3.8) is 0 Å². The van der Waals surface area contributed by atoms with Gasteiger partial charge >= 0.3 is 6.16 Å². The highest BCUT2D eigenvalue weighted by Gasteiger charge is 2.15. The molecule has 190 valence electrons. The van der Waals surface area contributed by atoms with Crippen molar-refractivity contribution in [2.24, 2.45) is 0 Å². The van der Waals surface area contributed by atoms with Crippen LogP contribution in [0.15, 0.2) is 83.6 Å². The van der Waals surface area contributed by atoms with Gasteiger partial charge in [-0.3, -0.25) is 4.79 Å². The van der Waals surface area contributed by atoms with Crippen molar-refractivity contribution in [1.82, 2.24) is 10.3 Å². The molecule has 1 amide bonds. The molecule has 0 aliphatic carbocycles. The third-order valence-corrected chi connectivity index (χ3v) is 8.11. The average Bonchev–Trinajstić information content (AvgIpc) is 3.61. The van der Waals surface area contributed by atoms with Gasteiger partial charge in [0.05, 0.1) is 22.3 Å². The number of benzene rings is 3. The van der Waals surface area contributed by atoms with Crippen LogP contribution >= 0.6 is 45.9 Å². The standard InChI is InChI=1S/C28H18Cl2N2O4S2/c29-22-10-8-18(12-23(22)30)24-15-38-27(32-24)19-7-9-21(25(13-19)36-28(34)35)16-3-5-17(6-4-16)26(33)31-14-20-2-1-11-37-20/h1-13,15H,14H2,(H,31,33)(H,34,35). The van der Waals surface area contributed by atoms with Gasteiger partial charge in [0, 0.05) is 32.5 Å². The molecule has 38 heavy (non-hydrogen) atoms. The maximum absolute atomic E-state index is 12.5. The third kappa shape index (κ3) is 5.89. The SMILES string of the molecule is O=C(O)Oc1cc(-c2nc(-c3ccc(Cl)c(Cl)c3)cs2)ccc1-c1ccc(C(=O)NCc2cccs2)cc1. The number of thiazole rings is 1. The second kappa shape index (κ2) is 11.4. The van der Waals surface area contributed by atoms with Crippen molar-refractivity contribution < 1.29 is 19.4 Å². The quantitative estimate of drug-likeness (QED) is 0.149. The molecule has 0 bridgehead atoms. The number of carboxylic acid groups (broad SMARTS) is 1. The first kappa shape index (κ1) is 25.9. The molecule has 10 heteroatoms. The lowest BCUT2D eigenvalue weighted by atomic mass is 10.0. The molecule has 5 aromatic rings. The largest absolute Gasteiger partial charge is 0.511 e. The van der Waals surface area contributed by atoms with E-state index in [0.29, 0.717) is 43.9 Å². The minimum absolute atomic E-state index is 0.163. The molecule has 0 atom stereocenters. The Balaban J connectivity index is 1.39. The van der Waals surface area contributed by atoms with Crippen LogP contribution in [0.4, 0.5) is 4.79 Å². The molecule has 0 saturated carbocycles. The molecule has 2 heterocycles. The minimum Gasteiger partial charge on any atom is -0.449 e. The molecule has 0 fully saturated rings. The number of ether oxygens (including phenoxy) is 1. The number of amides is 1. The number of halogens is 2. The lowest BCUT2D eigenvalue weighted by Gasteiger charge is -2.11. The highest BCUT2D eigenvalue weighted by Crippen LogP contribution is 2.37. The van der Waals surface area contributed by atoms with Crippen LogP contribution < -0.4 is 10.1 Å². The van der Waals surface area contributed by atoms with Gasteiger partial charge < -0.3 is 15.2 Å². The van der Waals surface area contributed by atoms with Crippen molar-refractivity contribution in [2.45, 2.75) is 6.54 Å². The second-order valence-corrected chi connectivity index (χ2v) is 10.8. The summed E-state index contributed by atoms with van der Waals surface area (Å²) < 4.78 is 5.12. The molecular weight excluding hydrogens is 563 g/mol. The first-order valence-corrected chi connectivity index (χ1v) is 13.8. The number of hydrogen-bond donors (Lipinski definition) is 2. The van der Waals surface area contributed by atoms with Crippen molar-refractivity contribution in [3.05, 3.63) is 104 Å². The number of aromatic nitrogens is 1. The number of carbonyl (C=O) groups is 2. The average molecular weight is 582 g/mol. The molecular formula is C28H18Cl2N2O4S2. The third-order valence-electron chi connectivity index (χ3n) is 5.61. The summed E-state index contributed by atoms with van der Waals surface area (Å²) in [6.45, 7) is 0.458. The number of hydrogen-bond acceptors (Lipinski definition) is 6. The Bertz CT molecular complexity index is 1620. The second-order valence-electron chi connectivity index (χ2n) is 8.09. The van der Waals surface area contributed by atoms with Gasteiger partial charge in [-0.1, -0.05) is 53.5 Å². The molecule has 0 saturated heterocycles. The fourth-order valence-corrected chi connectivity index (χ4v) is 5.52. The number of nitrogens with zero attached hydrogens (tertiary/aromatic N) is 1. The Hall–Kier alpha value is -3.69. The van der Waals surface area contributed by atoms with Crippen LogP contribution in [0.1, 0.15) is 15.2 Å². The Labute approximate surface area is 236 Å². The first-order valence-electron chi connectivity index (χ1n) is 11.2. The van der Waals surface area contributed by atoms with Crippen molar-refractivity contribution >= 4 is 57.9 Å². The van der Waals surface area contributed by atoms with Gasteiger partial charge in [0.25, 0.3) is 5.91 Å². The van der Waals surface area contributed by atoms with E-state index in [2.05, 4.69) is 10.3 Å². The molecule has 0 radical (unpaired) electrons. The maximum atomic E-state index is 12.5. The summed E-state index contributed by atoms with van der Waals surface area (Å²) in [5.74, 6) is -0.0277. The fourth-order valence-electron chi connectivity index (χ4n) is 3.75. The zero-order valence-electron chi connectivity index (χ0n) is 19.5. The smallest absolute Gasteiger partial charge is 0.449 e. The number of thiophene rings is 1. The summed E-state index contributed by atoms with van der Waals surface area (Å²) in [4.78, 5) is 29.7. The van der Waals surface area contributed by atoms with Crippen LogP contribution in [0.3, 0.4) is 0 Å². The minimum atomic E-state index is -1.43. The predicted octanol–water partition coefficient (Wildman–Crippen LogP) is 8.50. The van der Waals surface area contributed by atoms with Gasteiger partial charge in [-0.2, -0.15) is 0 Å². The van der Waals surface area contributed by atoms with Gasteiger partial charge in [-0.25, -0.2) is 9.78 Å². The molecule has 5 rings (SSSR count). The van der Waals surface area contributed by atoms with Crippen LogP contribution in [0, 0.1) is 0 Å². The van der Waals surface area contributed by atoms with E-state index in [1.807, 2.05) is 35.0 Å². The van der Waals surface area contributed by atoms with Crippen molar-refractivity contribution in [1.29, 1.82) is 0 Å². The van der Waals surface area contributed by atoms with E-state index in [0.717, 1.165) is 16.1 Å². The Morgan fingerprint density at radius 1 is 0.895 bits per heavy atom. The number of nitrogens with one attached hydrogen (secondary N) is 1. The molecule has 2 N–H and O–H groups in total. The summed E-state index contributed by atoms with van der Waals surface area (Å²) >= 11 is 15.2. The molecule has 6 nitrogen and oxygen atoms in total. The van der Waals surface area contributed by atoms with E-state index in [9.17, 15) is 14.7 Å². The number of carbonyl (C=O) groups excluding carboxylic acids is 1. The van der Waals surface area contributed by atoms with Crippen LogP contribution in [0.25, 0.3) is 33.0 Å². The van der Waals surface area contributed by atoms with Gasteiger partial charge in [0.15, 0.2) is 0 Å². The highest BCUT2D eigenvalue weighted by atomic mass is 35.5. The van der Waals surface area contributed by atoms with Crippen LogP contribution in [-0.4, -0.2) is 22.2 Å². The summed E-state index contributed by atoms with van der Waals surface area (Å²) in [6, 6.07) is 21.4. The molecule has 2 aromatic heterocycles. The molecule has 0 unspecified atom stereocenters. The van der Waals surface area contributed by atoms with Gasteiger partial charge in [-0.05, 0) is 53.4 Å². The predicted molar refractivity (Wildman–Crippen MR) is 153 cm³/mol. The lowest BCUT2D eigenvalue weighted by Crippen LogP contribution is -2.22. The summed E-state index contributed by atoms with van der Waals surface area (Å²) in [7, 11) is 0. The van der Waals surface area contributed by atoms with Crippen LogP contribution in [0.2, 0.25) is 10.0 Å². The van der Waals surface area contributed by atoms with Crippen molar-refractivity contribution in [3.8, 4) is 38.7 Å². The van der Waals surface area contributed by atoms with E-state index in [-0.39, 0.29) is 11.7 Å². The molecule has 0 aliphatic heterocycles. The lowest BCUT2D eigenvalue weighted by molar-refractivity contribution is 0.0951. The van der Waals surface area contributed by atoms with E-state index < -0.39 is 6.16 Å². The molecule has 0 spiro atoms. The first-order chi connectivity index (χ1) is 18.4. The molecule has 0 aliphatic rings. The summed E-state index contributed by atoms with van der Waals surface area (Å²) in [5.41, 5.74) is 4.02. The summed E-state index contributed by atoms with van der Waals surface area (Å²) in [5, 5.41) is 17.7. The van der Waals surface area contributed by atoms with E-state index in [1.165, 1.54) is 11.3 Å². The van der Waals surface area contributed by atoms with E-state index in [4.69, 9.17) is 27.9 Å². The maximum Gasteiger partial charge on any atom is 0.511 e. The molecule has 3 aromatic carbocycles. The van der Waals surface area contributed by atoms with Crippen LogP contribution in [0.5, 0.6) is 5.75 Å². The number of rotatable bonds is 7. The van der Waals surface area contributed by atoms with Gasteiger partial charge in [-0.15, -0.1) is 22.7 Å². The zero-order valence-corrected chi connectivity index (χ0v) is 22.6. The zero-order chi connectivity index (χ0) is 26.6. The van der Waals surface area contributed by atoms with E-state index >= 15 is 0 Å². The van der Waals surface area contributed by atoms with Crippen LogP contribution in [-0.2, 0) is 6.54 Å². The highest BCUT2D eigenvalue weighted by molar-refractivity contribution is 7.13. The van der Waals surface area contributed by atoms with Crippen molar-refractivity contribution in [2.75, 3.05) is 0 Å². The fraction of sp³-hybridized carbons (Fsp3) is 0.0357. The normalized spacial score (nSPS) is 10.8. The Morgan fingerprint density at radius 3 is 2.37 bits per heavy atom. The van der Waals surface area contributed by atoms with Gasteiger partial charge in [0.2, 0.25) is 0 Å². The topological polar surface area (TPSA) is 88.5 Å². The monoisotopic (exact) mass is 580 g/mol.